The number of fused-ring (bicyclic) bond motifs is 1. The van der Waals surface area contributed by atoms with Crippen molar-refractivity contribution in [1.82, 2.24) is 5.32 Å². The van der Waals surface area contributed by atoms with Crippen LogP contribution in [0.25, 0.3) is 0 Å². The third kappa shape index (κ3) is 3.40. The Morgan fingerprint density at radius 1 is 1.50 bits per heavy atom. The van der Waals surface area contributed by atoms with Crippen molar-refractivity contribution in [2.24, 2.45) is 0 Å². The van der Waals surface area contributed by atoms with Crippen molar-refractivity contribution in [1.29, 1.82) is 0 Å². The number of rotatable bonds is 5. The molecule has 0 aliphatic carbocycles. The first-order valence-corrected chi connectivity index (χ1v) is 7.68. The third-order valence-electron chi connectivity index (χ3n) is 3.14. The van der Waals surface area contributed by atoms with Crippen LogP contribution in [-0.2, 0) is 0 Å². The van der Waals surface area contributed by atoms with Gasteiger partial charge in [-0.3, -0.25) is 0 Å². The van der Waals surface area contributed by atoms with Crippen LogP contribution in [0.5, 0.6) is 5.75 Å². The van der Waals surface area contributed by atoms with Crippen molar-refractivity contribution >= 4 is 11.8 Å². The highest BCUT2D eigenvalue weighted by Gasteiger charge is 2.25. The van der Waals surface area contributed by atoms with E-state index in [2.05, 4.69) is 11.4 Å². The number of benzene rings is 1. The molecule has 1 aliphatic heterocycles. The number of hydrogen-bond donors (Lipinski definition) is 2. The van der Waals surface area contributed by atoms with Crippen LogP contribution in [0.3, 0.4) is 0 Å². The highest BCUT2D eigenvalue weighted by atomic mass is 32.2. The number of ether oxygens (including phenoxy) is 1. The van der Waals surface area contributed by atoms with Crippen molar-refractivity contribution < 1.29 is 9.84 Å². The van der Waals surface area contributed by atoms with Gasteiger partial charge in [0.15, 0.2) is 0 Å². The lowest BCUT2D eigenvalue weighted by molar-refractivity contribution is 0.0789. The molecule has 18 heavy (non-hydrogen) atoms. The van der Waals surface area contributed by atoms with Crippen LogP contribution < -0.4 is 10.1 Å². The van der Waals surface area contributed by atoms with Crippen LogP contribution in [0.15, 0.2) is 24.3 Å². The number of hydrogen-bond acceptors (Lipinski definition) is 4. The van der Waals surface area contributed by atoms with Crippen molar-refractivity contribution in [3.8, 4) is 5.75 Å². The van der Waals surface area contributed by atoms with E-state index in [0.29, 0.717) is 6.54 Å². The average molecular weight is 267 g/mol. The zero-order valence-electron chi connectivity index (χ0n) is 11.0. The first-order valence-electron chi connectivity index (χ1n) is 6.29. The molecule has 100 valence electrons. The van der Waals surface area contributed by atoms with Crippen LogP contribution in [0.4, 0.5) is 0 Å². The predicted molar refractivity (Wildman–Crippen MR) is 76.3 cm³/mol. The lowest BCUT2D eigenvalue weighted by atomic mass is 9.99. The summed E-state index contributed by atoms with van der Waals surface area (Å²) >= 11 is 1.67. The van der Waals surface area contributed by atoms with Gasteiger partial charge in [0.05, 0.1) is 12.2 Å². The summed E-state index contributed by atoms with van der Waals surface area (Å²) in [5.41, 5.74) is 0.538. The van der Waals surface area contributed by atoms with E-state index in [4.69, 9.17) is 4.74 Å². The Balaban J connectivity index is 1.99. The Labute approximate surface area is 113 Å². The van der Waals surface area contributed by atoms with Gasteiger partial charge in [0.25, 0.3) is 0 Å². The molecular formula is C14H21NO2S. The van der Waals surface area contributed by atoms with Gasteiger partial charge in [-0.15, -0.1) is 0 Å². The van der Waals surface area contributed by atoms with Crippen LogP contribution in [0, 0.1) is 0 Å². The standard InChI is InChI=1S/C14H21NO2S/c1-14(16,10-18-2)9-15-12-7-8-17-13-6-4-3-5-11(12)13/h3-6,12,15-16H,7-10H2,1-2H3. The minimum Gasteiger partial charge on any atom is -0.493 e. The van der Waals surface area contributed by atoms with Crippen LogP contribution in [-0.4, -0.2) is 35.9 Å². The van der Waals surface area contributed by atoms with E-state index < -0.39 is 5.60 Å². The fourth-order valence-corrected chi connectivity index (χ4v) is 2.98. The van der Waals surface area contributed by atoms with Gasteiger partial charge in [0, 0.05) is 30.3 Å². The lowest BCUT2D eigenvalue weighted by Gasteiger charge is -2.30. The van der Waals surface area contributed by atoms with Crippen molar-refractivity contribution in [3.05, 3.63) is 29.8 Å². The van der Waals surface area contributed by atoms with E-state index >= 15 is 0 Å². The van der Waals surface area contributed by atoms with E-state index in [9.17, 15) is 5.11 Å². The van der Waals surface area contributed by atoms with Gasteiger partial charge < -0.3 is 15.2 Å². The molecule has 0 aromatic heterocycles. The molecule has 4 heteroatoms. The predicted octanol–water partition coefficient (Wildman–Crippen LogP) is 2.21. The topological polar surface area (TPSA) is 41.5 Å². The SMILES string of the molecule is CSCC(C)(O)CNC1CCOc2ccccc21. The minimum absolute atomic E-state index is 0.281. The monoisotopic (exact) mass is 267 g/mol. The molecule has 0 saturated carbocycles. The van der Waals surface area contributed by atoms with E-state index in [0.717, 1.165) is 24.5 Å². The summed E-state index contributed by atoms with van der Waals surface area (Å²) in [7, 11) is 0. The summed E-state index contributed by atoms with van der Waals surface area (Å²) in [6, 6.07) is 8.40. The second-order valence-electron chi connectivity index (χ2n) is 5.04. The maximum absolute atomic E-state index is 10.2. The molecule has 0 fully saturated rings. The third-order valence-corrected chi connectivity index (χ3v) is 4.05. The normalized spacial score (nSPS) is 21.8. The smallest absolute Gasteiger partial charge is 0.124 e. The molecule has 2 N–H and O–H groups in total. The second kappa shape index (κ2) is 5.95. The summed E-state index contributed by atoms with van der Waals surface area (Å²) in [5, 5.41) is 13.6. The molecule has 0 bridgehead atoms. The molecule has 0 amide bonds. The van der Waals surface area contributed by atoms with Gasteiger partial charge in [0.2, 0.25) is 0 Å². The summed E-state index contributed by atoms with van der Waals surface area (Å²) in [6.07, 6.45) is 2.96. The van der Waals surface area contributed by atoms with E-state index in [1.54, 1.807) is 11.8 Å². The first kappa shape index (κ1) is 13.7. The Hall–Kier alpha value is -0.710. The molecule has 2 rings (SSSR count). The van der Waals surface area contributed by atoms with E-state index in [1.807, 2.05) is 31.4 Å². The summed E-state index contributed by atoms with van der Waals surface area (Å²) in [5.74, 6) is 1.70. The van der Waals surface area contributed by atoms with Crippen molar-refractivity contribution in [3.63, 3.8) is 0 Å². The lowest BCUT2D eigenvalue weighted by Crippen LogP contribution is -2.42. The van der Waals surface area contributed by atoms with Gasteiger partial charge in [-0.05, 0) is 19.2 Å². The minimum atomic E-state index is -0.660. The van der Waals surface area contributed by atoms with Gasteiger partial charge >= 0.3 is 0 Å². The Bertz CT molecular complexity index is 395. The second-order valence-corrected chi connectivity index (χ2v) is 5.90. The Morgan fingerprint density at radius 3 is 3.06 bits per heavy atom. The van der Waals surface area contributed by atoms with Crippen LogP contribution in [0.1, 0.15) is 24.9 Å². The zero-order valence-corrected chi connectivity index (χ0v) is 11.8. The fraction of sp³-hybridized carbons (Fsp3) is 0.571. The molecule has 1 aliphatic rings. The maximum atomic E-state index is 10.2. The number of para-hydroxylation sites is 1. The number of nitrogens with one attached hydrogen (secondary N) is 1. The van der Waals surface area contributed by atoms with E-state index in [-0.39, 0.29) is 6.04 Å². The largest absolute Gasteiger partial charge is 0.493 e. The molecule has 2 unspecified atom stereocenters. The fourth-order valence-electron chi connectivity index (χ4n) is 2.26. The van der Waals surface area contributed by atoms with E-state index in [1.165, 1.54) is 5.56 Å². The first-order chi connectivity index (χ1) is 8.62. The number of thioether (sulfide) groups is 1. The molecule has 2 atom stereocenters. The Kier molecular flexibility index (Phi) is 4.54. The molecule has 0 spiro atoms. The molecular weight excluding hydrogens is 246 g/mol. The molecule has 1 aromatic carbocycles. The highest BCUT2D eigenvalue weighted by molar-refractivity contribution is 7.98. The van der Waals surface area contributed by atoms with Crippen molar-refractivity contribution in [2.75, 3.05) is 25.2 Å². The van der Waals surface area contributed by atoms with Gasteiger partial charge in [-0.25, -0.2) is 0 Å². The van der Waals surface area contributed by atoms with Gasteiger partial charge in [0.1, 0.15) is 5.75 Å². The molecule has 0 saturated heterocycles. The average Bonchev–Trinajstić information content (AvgIpc) is 2.36. The maximum Gasteiger partial charge on any atom is 0.124 e. The molecule has 1 aromatic rings. The van der Waals surface area contributed by atoms with Crippen molar-refractivity contribution in [2.45, 2.75) is 25.0 Å². The highest BCUT2D eigenvalue weighted by Crippen LogP contribution is 2.31. The van der Waals surface area contributed by atoms with Crippen LogP contribution >= 0.6 is 11.8 Å². The zero-order chi connectivity index (χ0) is 13.0. The molecule has 0 radical (unpaired) electrons. The summed E-state index contributed by atoms with van der Waals surface area (Å²) in [4.78, 5) is 0. The summed E-state index contributed by atoms with van der Waals surface area (Å²) < 4.78 is 5.63. The van der Waals surface area contributed by atoms with Crippen LogP contribution in [0.2, 0.25) is 0 Å². The quantitative estimate of drug-likeness (QED) is 0.858. The summed E-state index contributed by atoms with van der Waals surface area (Å²) in [6.45, 7) is 3.22. The van der Waals surface area contributed by atoms with Gasteiger partial charge in [-0.1, -0.05) is 18.2 Å². The molecule has 3 nitrogen and oxygen atoms in total. The Morgan fingerprint density at radius 2 is 2.28 bits per heavy atom. The molecule has 1 heterocycles. The number of aliphatic hydroxyl groups is 1. The van der Waals surface area contributed by atoms with Gasteiger partial charge in [-0.2, -0.15) is 11.8 Å².